The van der Waals surface area contributed by atoms with Gasteiger partial charge in [-0.1, -0.05) is 62.4 Å². The summed E-state index contributed by atoms with van der Waals surface area (Å²) in [6.07, 6.45) is 2.53. The number of nitrogens with one attached hydrogen (secondary N) is 1. The number of cyclic esters (lactones) is 1. The quantitative estimate of drug-likeness (QED) is 0.301. The first-order chi connectivity index (χ1) is 17.4. The van der Waals surface area contributed by atoms with Crippen molar-refractivity contribution in [3.8, 4) is 0 Å². The first kappa shape index (κ1) is 26.4. The number of ketones is 1. The maximum Gasteiger partial charge on any atom is 0.327 e. The van der Waals surface area contributed by atoms with Crippen LogP contribution in [0.1, 0.15) is 63.0 Å². The van der Waals surface area contributed by atoms with Crippen molar-refractivity contribution in [1.82, 2.24) is 10.2 Å². The Morgan fingerprint density at radius 2 is 1.75 bits per heavy atom. The maximum absolute atomic E-state index is 13.4. The Kier molecular flexibility index (Phi) is 8.86. The minimum atomic E-state index is -0.984. The van der Waals surface area contributed by atoms with Crippen LogP contribution in [-0.4, -0.2) is 54.0 Å². The number of unbranched alkanes of at least 4 members (excludes halogenated alkanes) is 1. The summed E-state index contributed by atoms with van der Waals surface area (Å²) in [5.74, 6) is -0.121. The van der Waals surface area contributed by atoms with E-state index in [-0.39, 0.29) is 24.0 Å². The summed E-state index contributed by atoms with van der Waals surface area (Å²) < 4.78 is 6.15. The number of piperazine rings is 1. The van der Waals surface area contributed by atoms with Crippen molar-refractivity contribution in [2.45, 2.75) is 67.6 Å². The number of thioether (sulfide) groups is 1. The topological polar surface area (TPSA) is 75.7 Å². The zero-order valence-corrected chi connectivity index (χ0v) is 22.0. The number of carbonyl (C=O) groups is 3. The minimum Gasteiger partial charge on any atom is -0.453 e. The number of esters is 1. The Labute approximate surface area is 218 Å². The van der Waals surface area contributed by atoms with Crippen LogP contribution in [0.25, 0.3) is 0 Å². The van der Waals surface area contributed by atoms with E-state index in [2.05, 4.69) is 19.2 Å². The number of amides is 1. The number of rotatable bonds is 9. The van der Waals surface area contributed by atoms with Gasteiger partial charge in [0.1, 0.15) is 5.60 Å². The van der Waals surface area contributed by atoms with Gasteiger partial charge in [-0.05, 0) is 42.4 Å². The third-order valence-electron chi connectivity index (χ3n) is 7.04. The first-order valence-corrected chi connectivity index (χ1v) is 13.8. The predicted molar refractivity (Wildman–Crippen MR) is 142 cm³/mol. The fraction of sp³-hybridized carbons (Fsp3) is 0.483. The van der Waals surface area contributed by atoms with E-state index >= 15 is 0 Å². The molecule has 4 rings (SSSR count). The molecule has 2 saturated heterocycles. The molecule has 36 heavy (non-hydrogen) atoms. The second kappa shape index (κ2) is 12.1. The molecule has 0 aliphatic carbocycles. The highest BCUT2D eigenvalue weighted by Gasteiger charge is 2.48. The molecule has 0 aromatic heterocycles. The number of Topliss-reactive ketones (excluding diaryl/α,β-unsaturated/α-hetero) is 1. The average molecular weight is 509 g/mol. The van der Waals surface area contributed by atoms with Crippen molar-refractivity contribution in [3.05, 3.63) is 65.7 Å². The molecule has 2 heterocycles. The highest BCUT2D eigenvalue weighted by atomic mass is 32.2. The van der Waals surface area contributed by atoms with Crippen LogP contribution in [0.5, 0.6) is 0 Å². The van der Waals surface area contributed by atoms with Crippen LogP contribution in [0, 0.1) is 0 Å². The normalized spacial score (nSPS) is 22.5. The Morgan fingerprint density at radius 3 is 2.44 bits per heavy atom. The summed E-state index contributed by atoms with van der Waals surface area (Å²) in [5, 5.41) is 2.40. The molecule has 2 aromatic rings. The molecule has 1 amide bonds. The number of benzene rings is 2. The van der Waals surface area contributed by atoms with Gasteiger partial charge in [0.2, 0.25) is 5.91 Å². The van der Waals surface area contributed by atoms with Crippen LogP contribution in [-0.2, 0) is 24.7 Å². The molecule has 0 radical (unpaired) electrons. The molecule has 2 aliphatic rings. The van der Waals surface area contributed by atoms with Crippen LogP contribution < -0.4 is 5.32 Å². The Balaban J connectivity index is 1.45. The predicted octanol–water partition coefficient (Wildman–Crippen LogP) is 4.67. The number of hydrogen-bond donors (Lipinski definition) is 1. The minimum absolute atomic E-state index is 0.101. The molecule has 6 nitrogen and oxygen atoms in total. The van der Waals surface area contributed by atoms with Crippen molar-refractivity contribution < 1.29 is 19.1 Å². The van der Waals surface area contributed by atoms with E-state index in [1.54, 1.807) is 0 Å². The Bertz CT molecular complexity index is 1050. The maximum atomic E-state index is 13.4. The van der Waals surface area contributed by atoms with E-state index in [0.29, 0.717) is 25.7 Å². The Hall–Kier alpha value is -2.64. The lowest BCUT2D eigenvalue weighted by atomic mass is 9.81. The van der Waals surface area contributed by atoms with Crippen molar-refractivity contribution in [2.75, 3.05) is 26.2 Å². The zero-order chi connectivity index (χ0) is 25.5. The van der Waals surface area contributed by atoms with Crippen molar-refractivity contribution in [3.63, 3.8) is 0 Å². The lowest BCUT2D eigenvalue weighted by molar-refractivity contribution is -0.172. The van der Waals surface area contributed by atoms with Gasteiger partial charge in [-0.15, -0.1) is 11.8 Å². The Morgan fingerprint density at radius 1 is 1.06 bits per heavy atom. The number of carbonyl (C=O) groups excluding carboxylic acids is 3. The highest BCUT2D eigenvalue weighted by molar-refractivity contribution is 8.01. The van der Waals surface area contributed by atoms with Gasteiger partial charge in [-0.3, -0.25) is 14.4 Å². The summed E-state index contributed by atoms with van der Waals surface area (Å²) >= 11 is 1.30. The van der Waals surface area contributed by atoms with Gasteiger partial charge < -0.3 is 15.0 Å². The summed E-state index contributed by atoms with van der Waals surface area (Å²) in [6.45, 7) is 7.38. The summed E-state index contributed by atoms with van der Waals surface area (Å²) in [7, 11) is 0. The smallest absolute Gasteiger partial charge is 0.327 e. The molecular formula is C29H36N2O4S. The van der Waals surface area contributed by atoms with Gasteiger partial charge in [0.05, 0.1) is 6.42 Å². The van der Waals surface area contributed by atoms with Gasteiger partial charge in [0, 0.05) is 37.5 Å². The van der Waals surface area contributed by atoms with Crippen molar-refractivity contribution in [1.29, 1.82) is 0 Å². The van der Waals surface area contributed by atoms with Gasteiger partial charge in [-0.25, -0.2) is 0 Å². The number of hydrogen-bond acceptors (Lipinski definition) is 6. The van der Waals surface area contributed by atoms with Gasteiger partial charge >= 0.3 is 5.97 Å². The van der Waals surface area contributed by atoms with E-state index in [1.165, 1.54) is 11.8 Å². The third kappa shape index (κ3) is 6.19. The molecule has 7 heteroatoms. The standard InChI is InChI=1S/C29H36N2O4S/c1-21(2)23-12-6-7-13-25(23)36-27-24(32)20-29(35-28(27)34,22-10-4-3-5-11-22)15-9-8-14-26(33)31-18-16-30-17-19-31/h3-7,10-13,21,27,30H,8-9,14-20H2,1-2H3. The second-order valence-electron chi connectivity index (χ2n) is 9.95. The lowest BCUT2D eigenvalue weighted by Gasteiger charge is -2.39. The molecule has 2 aliphatic heterocycles. The number of nitrogens with zero attached hydrogens (tertiary/aromatic N) is 1. The summed E-state index contributed by atoms with van der Waals surface area (Å²) in [6, 6.07) is 17.5. The van der Waals surface area contributed by atoms with E-state index in [1.807, 2.05) is 59.5 Å². The van der Waals surface area contributed by atoms with Crippen molar-refractivity contribution in [2.24, 2.45) is 0 Å². The third-order valence-corrected chi connectivity index (χ3v) is 8.36. The van der Waals surface area contributed by atoms with Crippen LogP contribution in [0.3, 0.4) is 0 Å². The van der Waals surface area contributed by atoms with Gasteiger partial charge in [0.15, 0.2) is 11.0 Å². The van der Waals surface area contributed by atoms with E-state index in [4.69, 9.17) is 4.74 Å². The molecule has 192 valence electrons. The molecule has 0 spiro atoms. The molecular weight excluding hydrogens is 472 g/mol. The van der Waals surface area contributed by atoms with Crippen LogP contribution in [0.4, 0.5) is 0 Å². The fourth-order valence-corrected chi connectivity index (χ4v) is 6.25. The summed E-state index contributed by atoms with van der Waals surface area (Å²) in [5.41, 5.74) is 0.977. The monoisotopic (exact) mass is 508 g/mol. The molecule has 0 saturated carbocycles. The van der Waals surface area contributed by atoms with Gasteiger partial charge in [0.25, 0.3) is 0 Å². The lowest BCUT2D eigenvalue weighted by Crippen LogP contribution is -2.47. The average Bonchev–Trinajstić information content (AvgIpc) is 2.90. The molecule has 1 N–H and O–H groups in total. The fourth-order valence-electron chi connectivity index (χ4n) is 5.04. The van der Waals surface area contributed by atoms with E-state index in [9.17, 15) is 14.4 Å². The van der Waals surface area contributed by atoms with E-state index in [0.717, 1.165) is 42.2 Å². The largest absolute Gasteiger partial charge is 0.453 e. The molecule has 2 atom stereocenters. The van der Waals surface area contributed by atoms with Crippen LogP contribution in [0.2, 0.25) is 0 Å². The molecule has 2 fully saturated rings. The van der Waals surface area contributed by atoms with Crippen molar-refractivity contribution >= 4 is 29.4 Å². The van der Waals surface area contributed by atoms with Crippen LogP contribution in [0.15, 0.2) is 59.5 Å². The SMILES string of the molecule is CC(C)c1ccccc1SC1C(=O)CC(CCCCC(=O)N2CCNCC2)(c2ccccc2)OC1=O. The first-order valence-electron chi connectivity index (χ1n) is 12.9. The molecule has 0 bridgehead atoms. The highest BCUT2D eigenvalue weighted by Crippen LogP contribution is 2.43. The molecule has 2 unspecified atom stereocenters. The summed E-state index contributed by atoms with van der Waals surface area (Å²) in [4.78, 5) is 42.1. The second-order valence-corrected chi connectivity index (χ2v) is 11.1. The van der Waals surface area contributed by atoms with Gasteiger partial charge in [-0.2, -0.15) is 0 Å². The van der Waals surface area contributed by atoms with Crippen LogP contribution >= 0.6 is 11.8 Å². The molecule has 2 aromatic carbocycles. The van der Waals surface area contributed by atoms with E-state index < -0.39 is 16.8 Å². The number of ether oxygens (including phenoxy) is 1. The zero-order valence-electron chi connectivity index (χ0n) is 21.2.